The van der Waals surface area contributed by atoms with Gasteiger partial charge in [-0.3, -0.25) is 0 Å². The Bertz CT molecular complexity index is 716. The second-order valence-corrected chi connectivity index (χ2v) is 6.56. The number of piperazine rings is 1. The van der Waals surface area contributed by atoms with Crippen molar-refractivity contribution in [2.75, 3.05) is 31.1 Å². The van der Waals surface area contributed by atoms with Gasteiger partial charge in [-0.1, -0.05) is 17.7 Å². The number of rotatable bonds is 3. The highest BCUT2D eigenvalue weighted by molar-refractivity contribution is 5.74. The van der Waals surface area contributed by atoms with Crippen molar-refractivity contribution in [3.63, 3.8) is 0 Å². The molecule has 132 valence electrons. The van der Waals surface area contributed by atoms with Crippen molar-refractivity contribution < 1.29 is 4.79 Å². The molecule has 6 nitrogen and oxygen atoms in total. The van der Waals surface area contributed by atoms with E-state index in [0.29, 0.717) is 19.6 Å². The van der Waals surface area contributed by atoms with Crippen LogP contribution in [0.4, 0.5) is 10.7 Å². The highest BCUT2D eigenvalue weighted by atomic mass is 16.2. The summed E-state index contributed by atoms with van der Waals surface area (Å²) in [5.74, 6) is 0.730. The third-order valence-electron chi connectivity index (χ3n) is 4.66. The number of aromatic nitrogens is 2. The standard InChI is InChI=1S/C19H25N5O/c1-14-11-15(2)17(16(3)12-14)13-22-19(25)24-9-7-23(8-10-24)18-20-5-4-6-21-18/h4-6,11-12H,7-10,13H2,1-3H3,(H,22,25). The molecule has 2 heterocycles. The highest BCUT2D eigenvalue weighted by Gasteiger charge is 2.22. The van der Waals surface area contributed by atoms with Gasteiger partial charge in [0.2, 0.25) is 5.95 Å². The van der Waals surface area contributed by atoms with Crippen molar-refractivity contribution in [2.24, 2.45) is 0 Å². The van der Waals surface area contributed by atoms with Crippen molar-refractivity contribution in [1.82, 2.24) is 20.2 Å². The zero-order valence-corrected chi connectivity index (χ0v) is 15.1. The minimum Gasteiger partial charge on any atom is -0.337 e. The quantitative estimate of drug-likeness (QED) is 0.933. The molecule has 1 N–H and O–H groups in total. The van der Waals surface area contributed by atoms with Gasteiger partial charge in [-0.15, -0.1) is 0 Å². The molecular weight excluding hydrogens is 314 g/mol. The van der Waals surface area contributed by atoms with Crippen LogP contribution in [0.3, 0.4) is 0 Å². The molecule has 1 aliphatic heterocycles. The van der Waals surface area contributed by atoms with E-state index in [1.807, 2.05) is 11.0 Å². The summed E-state index contributed by atoms with van der Waals surface area (Å²) in [5, 5.41) is 3.06. The van der Waals surface area contributed by atoms with Crippen molar-refractivity contribution in [3.05, 3.63) is 52.8 Å². The molecule has 0 bridgehead atoms. The molecule has 0 atom stereocenters. The third kappa shape index (κ3) is 4.07. The summed E-state index contributed by atoms with van der Waals surface area (Å²) in [6.45, 7) is 9.71. The van der Waals surface area contributed by atoms with Crippen LogP contribution >= 0.6 is 0 Å². The molecule has 0 spiro atoms. The smallest absolute Gasteiger partial charge is 0.317 e. The van der Waals surface area contributed by atoms with Crippen molar-refractivity contribution in [3.8, 4) is 0 Å². The van der Waals surface area contributed by atoms with E-state index in [-0.39, 0.29) is 6.03 Å². The number of carbonyl (C=O) groups excluding carboxylic acids is 1. The maximum atomic E-state index is 12.5. The average Bonchev–Trinajstić information content (AvgIpc) is 2.61. The number of amides is 2. The maximum Gasteiger partial charge on any atom is 0.317 e. The van der Waals surface area contributed by atoms with Crippen LogP contribution in [-0.2, 0) is 6.54 Å². The topological polar surface area (TPSA) is 61.4 Å². The summed E-state index contributed by atoms with van der Waals surface area (Å²) in [6, 6.07) is 6.12. The first-order chi connectivity index (χ1) is 12.0. The van der Waals surface area contributed by atoms with Crippen LogP contribution in [0.5, 0.6) is 0 Å². The second-order valence-electron chi connectivity index (χ2n) is 6.56. The predicted octanol–water partition coefficient (Wildman–Crippen LogP) is 2.43. The Labute approximate surface area is 148 Å². The van der Waals surface area contributed by atoms with Gasteiger partial charge >= 0.3 is 6.03 Å². The van der Waals surface area contributed by atoms with E-state index in [9.17, 15) is 4.79 Å². The Kier molecular flexibility index (Phi) is 5.16. The number of benzene rings is 1. The van der Waals surface area contributed by atoms with Crippen LogP contribution < -0.4 is 10.2 Å². The van der Waals surface area contributed by atoms with Gasteiger partial charge in [0.05, 0.1) is 0 Å². The van der Waals surface area contributed by atoms with Crippen LogP contribution in [0.25, 0.3) is 0 Å². The molecule has 0 unspecified atom stereocenters. The van der Waals surface area contributed by atoms with Crippen LogP contribution in [0.1, 0.15) is 22.3 Å². The Morgan fingerprint density at radius 3 is 2.24 bits per heavy atom. The Morgan fingerprint density at radius 2 is 1.64 bits per heavy atom. The monoisotopic (exact) mass is 339 g/mol. The third-order valence-corrected chi connectivity index (χ3v) is 4.66. The highest BCUT2D eigenvalue weighted by Crippen LogP contribution is 2.16. The molecule has 25 heavy (non-hydrogen) atoms. The van der Waals surface area contributed by atoms with E-state index in [1.165, 1.54) is 22.3 Å². The Balaban J connectivity index is 1.53. The first-order valence-corrected chi connectivity index (χ1v) is 8.66. The largest absolute Gasteiger partial charge is 0.337 e. The number of hydrogen-bond donors (Lipinski definition) is 1. The number of urea groups is 1. The zero-order valence-electron chi connectivity index (χ0n) is 15.1. The number of carbonyl (C=O) groups is 1. The first-order valence-electron chi connectivity index (χ1n) is 8.66. The minimum absolute atomic E-state index is 0.00648. The van der Waals surface area contributed by atoms with E-state index in [2.05, 4.69) is 53.1 Å². The molecule has 0 saturated carbocycles. The number of aryl methyl sites for hydroxylation is 3. The van der Waals surface area contributed by atoms with Crippen LogP contribution in [0.2, 0.25) is 0 Å². The molecule has 3 rings (SSSR count). The van der Waals surface area contributed by atoms with Gasteiger partial charge in [0.1, 0.15) is 0 Å². The van der Waals surface area contributed by atoms with Gasteiger partial charge in [-0.2, -0.15) is 0 Å². The molecule has 1 aliphatic rings. The summed E-state index contributed by atoms with van der Waals surface area (Å²) in [4.78, 5) is 25.0. The van der Waals surface area contributed by atoms with E-state index in [0.717, 1.165) is 19.0 Å². The minimum atomic E-state index is -0.00648. The van der Waals surface area contributed by atoms with Crippen LogP contribution in [0.15, 0.2) is 30.6 Å². The lowest BCUT2D eigenvalue weighted by Crippen LogP contribution is -2.52. The molecule has 1 aromatic carbocycles. The summed E-state index contributed by atoms with van der Waals surface area (Å²) >= 11 is 0. The van der Waals surface area contributed by atoms with Gasteiger partial charge < -0.3 is 15.1 Å². The summed E-state index contributed by atoms with van der Waals surface area (Å²) in [6.07, 6.45) is 3.49. The molecule has 1 aromatic heterocycles. The van der Waals surface area contributed by atoms with Crippen LogP contribution in [-0.4, -0.2) is 47.1 Å². The molecule has 2 amide bonds. The van der Waals surface area contributed by atoms with E-state index >= 15 is 0 Å². The van der Waals surface area contributed by atoms with Gasteiger partial charge in [0.15, 0.2) is 0 Å². The van der Waals surface area contributed by atoms with Gasteiger partial charge in [-0.25, -0.2) is 14.8 Å². The fourth-order valence-corrected chi connectivity index (χ4v) is 3.33. The van der Waals surface area contributed by atoms with Crippen molar-refractivity contribution in [2.45, 2.75) is 27.3 Å². The average molecular weight is 339 g/mol. The second kappa shape index (κ2) is 7.51. The van der Waals surface area contributed by atoms with Crippen molar-refractivity contribution >= 4 is 12.0 Å². The van der Waals surface area contributed by atoms with Gasteiger partial charge in [0.25, 0.3) is 0 Å². The fraction of sp³-hybridized carbons (Fsp3) is 0.421. The molecule has 1 fully saturated rings. The van der Waals surface area contributed by atoms with Gasteiger partial charge in [-0.05, 0) is 43.5 Å². The number of nitrogens with one attached hydrogen (secondary N) is 1. The van der Waals surface area contributed by atoms with Gasteiger partial charge in [0, 0.05) is 45.1 Å². The summed E-state index contributed by atoms with van der Waals surface area (Å²) in [5.41, 5.74) is 4.91. The summed E-state index contributed by atoms with van der Waals surface area (Å²) in [7, 11) is 0. The Morgan fingerprint density at radius 1 is 1.04 bits per heavy atom. The lowest BCUT2D eigenvalue weighted by atomic mass is 10.00. The number of anilines is 1. The first kappa shape index (κ1) is 17.2. The zero-order chi connectivity index (χ0) is 17.8. The predicted molar refractivity (Wildman–Crippen MR) is 98.7 cm³/mol. The molecule has 0 radical (unpaired) electrons. The summed E-state index contributed by atoms with van der Waals surface area (Å²) < 4.78 is 0. The fourth-order valence-electron chi connectivity index (χ4n) is 3.33. The molecule has 2 aromatic rings. The van der Waals surface area contributed by atoms with E-state index in [1.54, 1.807) is 12.4 Å². The van der Waals surface area contributed by atoms with Crippen LogP contribution in [0, 0.1) is 20.8 Å². The normalized spacial score (nSPS) is 14.5. The number of hydrogen-bond acceptors (Lipinski definition) is 4. The van der Waals surface area contributed by atoms with E-state index in [4.69, 9.17) is 0 Å². The molecule has 0 aliphatic carbocycles. The van der Waals surface area contributed by atoms with E-state index < -0.39 is 0 Å². The maximum absolute atomic E-state index is 12.5. The SMILES string of the molecule is Cc1cc(C)c(CNC(=O)N2CCN(c3ncccn3)CC2)c(C)c1. The molecular formula is C19H25N5O. The number of nitrogens with zero attached hydrogens (tertiary/aromatic N) is 4. The lowest BCUT2D eigenvalue weighted by molar-refractivity contribution is 0.193. The Hall–Kier alpha value is -2.63. The molecule has 6 heteroatoms. The lowest BCUT2D eigenvalue weighted by Gasteiger charge is -2.34. The molecule has 1 saturated heterocycles. The van der Waals surface area contributed by atoms with Crippen molar-refractivity contribution in [1.29, 1.82) is 0 Å².